The van der Waals surface area contributed by atoms with E-state index in [9.17, 15) is 18.0 Å². The van der Waals surface area contributed by atoms with E-state index in [2.05, 4.69) is 0 Å². The fraction of sp³-hybridized carbons (Fsp3) is 0.714. The predicted octanol–water partition coefficient (Wildman–Crippen LogP) is -0.958. The second-order valence-corrected chi connectivity index (χ2v) is 4.36. The van der Waals surface area contributed by atoms with Crippen molar-refractivity contribution in [2.75, 3.05) is 5.75 Å². The molecule has 5 N–H and O–H groups in total. The molecule has 0 aliphatic rings. The summed E-state index contributed by atoms with van der Waals surface area (Å²) in [5.74, 6) is -1.29. The molecule has 0 fully saturated rings. The summed E-state index contributed by atoms with van der Waals surface area (Å²) in [6.07, 6.45) is 0.372. The molecule has 0 saturated carbocycles. The van der Waals surface area contributed by atoms with Crippen molar-refractivity contribution in [3.8, 4) is 0 Å². The van der Waals surface area contributed by atoms with Gasteiger partial charge in [-0.15, -0.1) is 0 Å². The number of hydrogen-bond donors (Lipinski definition) is 4. The summed E-state index contributed by atoms with van der Waals surface area (Å²) in [5.41, 5.74) is 6.07. The number of nitrogens with one attached hydrogen (secondary N) is 1. The lowest BCUT2D eigenvalue weighted by Gasteiger charge is -1.92. The van der Waals surface area contributed by atoms with Crippen LogP contribution in [-0.4, -0.2) is 35.7 Å². The Bertz CT molecular complexity index is 313. The summed E-state index contributed by atoms with van der Waals surface area (Å²) in [4.78, 5) is 20.1. The number of carbonyl (C=O) groups excluding carboxylic acids is 2. The van der Waals surface area contributed by atoms with Gasteiger partial charge in [-0.3, -0.25) is 19.3 Å². The highest BCUT2D eigenvalue weighted by molar-refractivity contribution is 7.85. The zero-order valence-corrected chi connectivity index (χ0v) is 9.66. The first-order chi connectivity index (χ1) is 7.22. The Hall–Kier alpha value is -1.19. The van der Waals surface area contributed by atoms with Crippen molar-refractivity contribution in [1.29, 1.82) is 0 Å². The largest absolute Gasteiger partial charge is 0.370 e. The van der Waals surface area contributed by atoms with E-state index in [1.165, 1.54) is 5.48 Å². The summed E-state index contributed by atoms with van der Waals surface area (Å²) in [5, 5.41) is 7.90. The number of hydroxylamine groups is 1. The van der Waals surface area contributed by atoms with Gasteiger partial charge in [0.2, 0.25) is 11.8 Å². The molecule has 16 heavy (non-hydrogen) atoms. The topological polar surface area (TPSA) is 147 Å². The minimum absolute atomic E-state index is 0.0353. The molecule has 0 aromatic carbocycles. The van der Waals surface area contributed by atoms with Crippen molar-refractivity contribution in [3.05, 3.63) is 0 Å². The van der Waals surface area contributed by atoms with E-state index in [1.54, 1.807) is 6.92 Å². The molecule has 0 rings (SSSR count). The van der Waals surface area contributed by atoms with E-state index in [4.69, 9.17) is 15.5 Å². The summed E-state index contributed by atoms with van der Waals surface area (Å²) >= 11 is 0. The Balaban J connectivity index is 0. The molecule has 0 aliphatic heterocycles. The predicted molar refractivity (Wildman–Crippen MR) is 55.1 cm³/mol. The lowest BCUT2D eigenvalue weighted by atomic mass is 10.3. The van der Waals surface area contributed by atoms with E-state index in [1.807, 2.05) is 0 Å². The van der Waals surface area contributed by atoms with Gasteiger partial charge in [0.1, 0.15) is 0 Å². The van der Waals surface area contributed by atoms with Crippen molar-refractivity contribution >= 4 is 21.9 Å². The molecular weight excluding hydrogens is 240 g/mol. The molecule has 0 aromatic rings. The van der Waals surface area contributed by atoms with Crippen molar-refractivity contribution in [2.24, 2.45) is 5.73 Å². The van der Waals surface area contributed by atoms with E-state index < -0.39 is 21.9 Å². The highest BCUT2D eigenvalue weighted by atomic mass is 32.2. The lowest BCUT2D eigenvalue weighted by Crippen LogP contribution is -2.21. The molecule has 0 bridgehead atoms. The monoisotopic (exact) mass is 256 g/mol. The highest BCUT2D eigenvalue weighted by Gasteiger charge is 2.00. The molecule has 8 nitrogen and oxygen atoms in total. The van der Waals surface area contributed by atoms with E-state index in [0.717, 1.165) is 0 Å². The number of rotatable bonds is 5. The first kappa shape index (κ1) is 17.2. The highest BCUT2D eigenvalue weighted by Crippen LogP contribution is 1.84. The minimum Gasteiger partial charge on any atom is -0.370 e. The molecule has 2 amide bonds. The van der Waals surface area contributed by atoms with Gasteiger partial charge in [0.05, 0.1) is 5.75 Å². The van der Waals surface area contributed by atoms with Crippen LogP contribution in [0.4, 0.5) is 0 Å². The molecule has 0 saturated heterocycles. The van der Waals surface area contributed by atoms with Crippen LogP contribution >= 0.6 is 0 Å². The maximum absolute atomic E-state index is 10.1. The van der Waals surface area contributed by atoms with E-state index in [-0.39, 0.29) is 18.6 Å². The number of primary amides is 1. The van der Waals surface area contributed by atoms with Crippen LogP contribution in [0.5, 0.6) is 0 Å². The summed E-state index contributed by atoms with van der Waals surface area (Å²) < 4.78 is 27.6. The molecule has 96 valence electrons. The van der Waals surface area contributed by atoms with Crippen LogP contribution in [0.3, 0.4) is 0 Å². The molecule has 0 aromatic heterocycles. The van der Waals surface area contributed by atoms with Gasteiger partial charge in [0.15, 0.2) is 0 Å². The first-order valence-corrected chi connectivity index (χ1v) is 6.00. The molecule has 0 heterocycles. The van der Waals surface area contributed by atoms with Crippen LogP contribution in [0, 0.1) is 0 Å². The van der Waals surface area contributed by atoms with Crippen LogP contribution in [0.2, 0.25) is 0 Å². The fourth-order valence-electron chi connectivity index (χ4n) is 0.551. The van der Waals surface area contributed by atoms with Crippen LogP contribution in [0.15, 0.2) is 0 Å². The zero-order chi connectivity index (χ0) is 13.2. The van der Waals surface area contributed by atoms with Crippen LogP contribution in [0.1, 0.15) is 26.2 Å². The normalized spacial score (nSPS) is 9.94. The van der Waals surface area contributed by atoms with Crippen LogP contribution in [-0.2, 0) is 19.7 Å². The third kappa shape index (κ3) is 18.6. The van der Waals surface area contributed by atoms with Gasteiger partial charge >= 0.3 is 0 Å². The number of nitrogens with two attached hydrogens (primary N) is 1. The Morgan fingerprint density at radius 3 is 2.00 bits per heavy atom. The third-order valence-electron chi connectivity index (χ3n) is 1.19. The SMILES string of the molecule is CCCS(=O)(=O)O.NC(=O)CCC(=O)NO. The molecule has 0 unspecified atom stereocenters. The van der Waals surface area contributed by atoms with Crippen molar-refractivity contribution < 1.29 is 27.8 Å². The number of amides is 2. The van der Waals surface area contributed by atoms with Crippen molar-refractivity contribution in [2.45, 2.75) is 26.2 Å². The lowest BCUT2D eigenvalue weighted by molar-refractivity contribution is -0.131. The molecule has 0 radical (unpaired) electrons. The van der Waals surface area contributed by atoms with Gasteiger partial charge in [-0.1, -0.05) is 6.92 Å². The second-order valence-electron chi connectivity index (χ2n) is 2.79. The van der Waals surface area contributed by atoms with Gasteiger partial charge in [0, 0.05) is 12.8 Å². The standard InChI is InChI=1S/C4H8N2O3.C3H8O3S/c5-3(7)1-2-4(8)6-9;1-2-3-7(4,5)6/h9H,1-2H2,(H2,5,7)(H,6,8);2-3H2,1H3,(H,4,5,6). The zero-order valence-electron chi connectivity index (χ0n) is 8.84. The fourth-order valence-corrected chi connectivity index (χ4v) is 1.07. The average Bonchev–Trinajstić information content (AvgIpc) is 2.13. The van der Waals surface area contributed by atoms with E-state index >= 15 is 0 Å². The quantitative estimate of drug-likeness (QED) is 0.283. The third-order valence-corrected chi connectivity index (χ3v) is 2.11. The van der Waals surface area contributed by atoms with Gasteiger partial charge in [-0.2, -0.15) is 8.42 Å². The van der Waals surface area contributed by atoms with Crippen LogP contribution in [0.25, 0.3) is 0 Å². The smallest absolute Gasteiger partial charge is 0.264 e. The van der Waals surface area contributed by atoms with E-state index in [0.29, 0.717) is 6.42 Å². The molecule has 0 spiro atoms. The maximum atomic E-state index is 10.1. The Morgan fingerprint density at radius 2 is 1.81 bits per heavy atom. The summed E-state index contributed by atoms with van der Waals surface area (Å²) in [6.45, 7) is 1.69. The maximum Gasteiger partial charge on any atom is 0.264 e. The number of hydrogen-bond acceptors (Lipinski definition) is 5. The van der Waals surface area contributed by atoms with Crippen LogP contribution < -0.4 is 11.2 Å². The average molecular weight is 256 g/mol. The van der Waals surface area contributed by atoms with Gasteiger partial charge in [0.25, 0.3) is 10.1 Å². The molecule has 0 atom stereocenters. The summed E-state index contributed by atoms with van der Waals surface area (Å²) in [7, 11) is -3.67. The second kappa shape index (κ2) is 9.07. The van der Waals surface area contributed by atoms with Crippen molar-refractivity contribution in [3.63, 3.8) is 0 Å². The number of carbonyl (C=O) groups is 2. The first-order valence-electron chi connectivity index (χ1n) is 4.39. The van der Waals surface area contributed by atoms with Gasteiger partial charge in [-0.25, -0.2) is 5.48 Å². The minimum atomic E-state index is -3.67. The Morgan fingerprint density at radius 1 is 1.31 bits per heavy atom. The molecule has 9 heteroatoms. The van der Waals surface area contributed by atoms with Gasteiger partial charge < -0.3 is 5.73 Å². The summed E-state index contributed by atoms with van der Waals surface area (Å²) in [6, 6.07) is 0. The Labute approximate surface area is 93.5 Å². The Kier molecular flexibility index (Phi) is 9.75. The van der Waals surface area contributed by atoms with Crippen molar-refractivity contribution in [1.82, 2.24) is 5.48 Å². The molecular formula is C7H16N2O6S. The molecule has 0 aliphatic carbocycles. The van der Waals surface area contributed by atoms with Gasteiger partial charge in [-0.05, 0) is 6.42 Å².